The molecule has 1 fully saturated rings. The molecule has 1 aliphatic carbocycles. The highest BCUT2D eigenvalue weighted by molar-refractivity contribution is 5.39. The number of nitrogens with zero attached hydrogens (tertiary/aromatic N) is 1. The van der Waals surface area contributed by atoms with Gasteiger partial charge in [-0.3, -0.25) is 4.98 Å². The fraction of sp³-hybridized carbons (Fsp3) is 0.581. The van der Waals surface area contributed by atoms with Crippen molar-refractivity contribution in [2.75, 3.05) is 7.05 Å². The molecular weight excluding hydrogens is 400 g/mol. The Labute approximate surface area is 203 Å². The van der Waals surface area contributed by atoms with Crippen molar-refractivity contribution in [3.8, 4) is 0 Å². The third-order valence-electron chi connectivity index (χ3n) is 8.39. The molecular formula is C31H46N2. The maximum atomic E-state index is 5.11. The van der Waals surface area contributed by atoms with Crippen LogP contribution in [0.15, 0.2) is 49.2 Å². The standard InChI is InChI=1S/C31H46N2/c1-9-12-24-19-23(10-2)13-15-26(24)27-17-18-31(7,11-3)30(22(6)32-8)29(27)28-16-14-25(20-33-28)21(4)5/h11,13-16,19-22,27,29-30,32H,3,9-10,12,17-18H2,1-2,4-8H3. The van der Waals surface area contributed by atoms with Crippen LogP contribution < -0.4 is 5.32 Å². The molecule has 1 aromatic carbocycles. The van der Waals surface area contributed by atoms with Gasteiger partial charge < -0.3 is 5.32 Å². The first kappa shape index (κ1) is 25.7. The van der Waals surface area contributed by atoms with Crippen LogP contribution in [0.2, 0.25) is 0 Å². The molecule has 0 bridgehead atoms. The normalized spacial score (nSPS) is 26.4. The first-order chi connectivity index (χ1) is 15.8. The maximum absolute atomic E-state index is 5.11. The number of hydrogen-bond acceptors (Lipinski definition) is 2. The van der Waals surface area contributed by atoms with Crippen molar-refractivity contribution >= 4 is 0 Å². The zero-order chi connectivity index (χ0) is 24.2. The summed E-state index contributed by atoms with van der Waals surface area (Å²) in [7, 11) is 2.10. The monoisotopic (exact) mass is 446 g/mol. The lowest BCUT2D eigenvalue weighted by Gasteiger charge is -2.51. The van der Waals surface area contributed by atoms with Gasteiger partial charge >= 0.3 is 0 Å². The molecule has 180 valence electrons. The smallest absolute Gasteiger partial charge is 0.0444 e. The summed E-state index contributed by atoms with van der Waals surface area (Å²) in [4.78, 5) is 5.11. The summed E-state index contributed by atoms with van der Waals surface area (Å²) in [5.74, 6) is 1.76. The molecule has 1 saturated carbocycles. The molecule has 0 saturated heterocycles. The van der Waals surface area contributed by atoms with Crippen LogP contribution in [0, 0.1) is 11.3 Å². The van der Waals surface area contributed by atoms with Crippen LogP contribution in [-0.2, 0) is 12.8 Å². The second kappa shape index (κ2) is 11.0. The molecule has 0 radical (unpaired) electrons. The van der Waals surface area contributed by atoms with Gasteiger partial charge in [0.2, 0.25) is 0 Å². The Kier molecular flexibility index (Phi) is 8.56. The molecule has 2 nitrogen and oxygen atoms in total. The SMILES string of the molecule is C=CC1(C)CCC(c2ccc(CC)cc2CCC)C(c2ccc(C(C)C)cn2)C1C(C)NC. The zero-order valence-electron chi connectivity index (χ0n) is 22.1. The van der Waals surface area contributed by atoms with Crippen molar-refractivity contribution in [3.05, 3.63) is 77.1 Å². The molecule has 1 heterocycles. The Hall–Kier alpha value is -1.93. The number of allylic oxidation sites excluding steroid dienone is 1. The van der Waals surface area contributed by atoms with E-state index in [0.717, 1.165) is 12.8 Å². The number of pyridine rings is 1. The van der Waals surface area contributed by atoms with E-state index < -0.39 is 0 Å². The fourth-order valence-corrected chi connectivity index (χ4v) is 6.19. The lowest BCUT2D eigenvalue weighted by Crippen LogP contribution is -2.48. The highest BCUT2D eigenvalue weighted by atomic mass is 14.9. The average molecular weight is 447 g/mol. The molecule has 1 N–H and O–H groups in total. The van der Waals surface area contributed by atoms with Gasteiger partial charge in [-0.2, -0.15) is 0 Å². The molecule has 0 spiro atoms. The van der Waals surface area contributed by atoms with E-state index in [1.807, 2.05) is 0 Å². The summed E-state index contributed by atoms with van der Waals surface area (Å²) in [6, 6.07) is 12.3. The second-order valence-electron chi connectivity index (χ2n) is 10.8. The van der Waals surface area contributed by atoms with E-state index in [9.17, 15) is 0 Å². The lowest BCUT2D eigenvalue weighted by atomic mass is 9.54. The highest BCUT2D eigenvalue weighted by Gasteiger charge is 2.48. The Morgan fingerprint density at radius 1 is 1.18 bits per heavy atom. The van der Waals surface area contributed by atoms with Gasteiger partial charge in [-0.1, -0.05) is 71.4 Å². The third kappa shape index (κ3) is 5.27. The Bertz CT molecular complexity index is 913. The molecule has 5 atom stereocenters. The Morgan fingerprint density at radius 3 is 2.48 bits per heavy atom. The van der Waals surface area contributed by atoms with Gasteiger partial charge in [0, 0.05) is 23.9 Å². The second-order valence-corrected chi connectivity index (χ2v) is 10.8. The van der Waals surface area contributed by atoms with Gasteiger partial charge in [-0.05, 0) is 91.1 Å². The number of hydrogen-bond donors (Lipinski definition) is 1. The molecule has 3 rings (SSSR count). The van der Waals surface area contributed by atoms with E-state index in [-0.39, 0.29) is 5.41 Å². The minimum atomic E-state index is 0.0796. The topological polar surface area (TPSA) is 24.9 Å². The molecule has 2 heteroatoms. The van der Waals surface area contributed by atoms with Crippen molar-refractivity contribution in [1.82, 2.24) is 10.3 Å². The van der Waals surface area contributed by atoms with E-state index in [1.165, 1.54) is 36.1 Å². The van der Waals surface area contributed by atoms with Crippen molar-refractivity contribution in [2.45, 2.75) is 97.4 Å². The van der Waals surface area contributed by atoms with Crippen molar-refractivity contribution in [1.29, 1.82) is 0 Å². The van der Waals surface area contributed by atoms with E-state index >= 15 is 0 Å². The van der Waals surface area contributed by atoms with Crippen LogP contribution in [-0.4, -0.2) is 18.1 Å². The fourth-order valence-electron chi connectivity index (χ4n) is 6.19. The predicted molar refractivity (Wildman–Crippen MR) is 143 cm³/mol. The van der Waals surface area contributed by atoms with Crippen molar-refractivity contribution < 1.29 is 0 Å². The van der Waals surface area contributed by atoms with Crippen LogP contribution in [0.25, 0.3) is 0 Å². The van der Waals surface area contributed by atoms with Gasteiger partial charge in [0.1, 0.15) is 0 Å². The summed E-state index contributed by atoms with van der Waals surface area (Å²) in [6.07, 6.45) is 10.1. The third-order valence-corrected chi connectivity index (χ3v) is 8.39. The average Bonchev–Trinajstić information content (AvgIpc) is 2.83. The highest BCUT2D eigenvalue weighted by Crippen LogP contribution is 2.56. The number of aromatic nitrogens is 1. The van der Waals surface area contributed by atoms with Crippen LogP contribution in [0.1, 0.15) is 107 Å². The minimum Gasteiger partial charge on any atom is -0.317 e. The predicted octanol–water partition coefficient (Wildman–Crippen LogP) is 7.80. The first-order valence-corrected chi connectivity index (χ1v) is 13.2. The van der Waals surface area contributed by atoms with Crippen LogP contribution in [0.3, 0.4) is 0 Å². The van der Waals surface area contributed by atoms with Gasteiger partial charge in [0.05, 0.1) is 0 Å². The van der Waals surface area contributed by atoms with E-state index in [2.05, 4.69) is 103 Å². The number of benzene rings is 1. The summed E-state index contributed by atoms with van der Waals surface area (Å²) in [5.41, 5.74) is 7.18. The maximum Gasteiger partial charge on any atom is 0.0444 e. The molecule has 0 aliphatic heterocycles. The molecule has 5 unspecified atom stereocenters. The Morgan fingerprint density at radius 2 is 1.94 bits per heavy atom. The summed E-state index contributed by atoms with van der Waals surface area (Å²) >= 11 is 0. The minimum absolute atomic E-state index is 0.0796. The number of nitrogens with one attached hydrogen (secondary N) is 1. The van der Waals surface area contributed by atoms with Crippen LogP contribution >= 0.6 is 0 Å². The van der Waals surface area contributed by atoms with Gasteiger partial charge in [-0.25, -0.2) is 0 Å². The molecule has 1 aromatic heterocycles. The van der Waals surface area contributed by atoms with E-state index in [1.54, 1.807) is 11.1 Å². The molecule has 33 heavy (non-hydrogen) atoms. The van der Waals surface area contributed by atoms with E-state index in [4.69, 9.17) is 4.98 Å². The van der Waals surface area contributed by atoms with Gasteiger partial charge in [-0.15, -0.1) is 6.58 Å². The quantitative estimate of drug-likeness (QED) is 0.397. The van der Waals surface area contributed by atoms with Gasteiger partial charge in [0.25, 0.3) is 0 Å². The van der Waals surface area contributed by atoms with E-state index in [0.29, 0.717) is 29.7 Å². The number of rotatable bonds is 9. The largest absolute Gasteiger partial charge is 0.317 e. The Balaban J connectivity index is 2.18. The van der Waals surface area contributed by atoms with Crippen LogP contribution in [0.5, 0.6) is 0 Å². The summed E-state index contributed by atoms with van der Waals surface area (Å²) in [6.45, 7) is 18.1. The molecule has 0 amide bonds. The van der Waals surface area contributed by atoms with Crippen LogP contribution in [0.4, 0.5) is 0 Å². The molecule has 1 aliphatic rings. The van der Waals surface area contributed by atoms with Crippen molar-refractivity contribution in [3.63, 3.8) is 0 Å². The summed E-state index contributed by atoms with van der Waals surface area (Å²) < 4.78 is 0. The lowest BCUT2D eigenvalue weighted by molar-refractivity contribution is 0.0927. The van der Waals surface area contributed by atoms with Crippen molar-refractivity contribution in [2.24, 2.45) is 11.3 Å². The first-order valence-electron chi connectivity index (χ1n) is 13.2. The zero-order valence-corrected chi connectivity index (χ0v) is 22.1. The summed E-state index contributed by atoms with van der Waals surface area (Å²) in [5, 5.41) is 3.61. The molecule has 2 aromatic rings. The number of aryl methyl sites for hydroxylation is 2. The van der Waals surface area contributed by atoms with Gasteiger partial charge in [0.15, 0.2) is 0 Å².